The molecule has 0 aliphatic rings. The van der Waals surface area contributed by atoms with E-state index in [1.807, 2.05) is 42.6 Å². The van der Waals surface area contributed by atoms with Gasteiger partial charge in [0.15, 0.2) is 0 Å². The first-order chi connectivity index (χ1) is 7.86. The minimum atomic E-state index is 1.06. The number of rotatable bonds is 0. The summed E-state index contributed by atoms with van der Waals surface area (Å²) in [4.78, 5) is 4.18. The van der Waals surface area contributed by atoms with Crippen LogP contribution < -0.4 is 5.84 Å². The minimum absolute atomic E-state index is 1.06. The molecule has 0 bridgehead atoms. The molecule has 16 heavy (non-hydrogen) atoms. The van der Waals surface area contributed by atoms with Crippen LogP contribution in [0.4, 0.5) is 0 Å². The molecule has 2 heterocycles. The van der Waals surface area contributed by atoms with Crippen molar-refractivity contribution in [3.63, 3.8) is 0 Å². The Hall–Kier alpha value is -2.29. The molecule has 2 N–H and O–H groups in total. The molecular weight excluding hydrogens is 198 g/mol. The van der Waals surface area contributed by atoms with E-state index in [1.165, 1.54) is 10.1 Å². The third-order valence-corrected chi connectivity index (χ3v) is 2.14. The lowest BCUT2D eigenvalue weighted by molar-refractivity contribution is 1.02. The first-order valence-electron chi connectivity index (χ1n) is 5.04. The second-order valence-corrected chi connectivity index (χ2v) is 3.33. The Kier molecular flexibility index (Phi) is 3.18. The lowest BCUT2D eigenvalue weighted by Gasteiger charge is -1.91. The summed E-state index contributed by atoms with van der Waals surface area (Å²) in [7, 11) is 0. The lowest BCUT2D eigenvalue weighted by atomic mass is 10.2. The van der Waals surface area contributed by atoms with Crippen molar-refractivity contribution in [2.24, 2.45) is 0 Å². The highest BCUT2D eigenvalue weighted by Gasteiger charge is 1.86. The zero-order valence-electron chi connectivity index (χ0n) is 8.82. The van der Waals surface area contributed by atoms with Crippen molar-refractivity contribution < 1.29 is 0 Å². The van der Waals surface area contributed by atoms with Crippen LogP contribution in [0.15, 0.2) is 67.1 Å². The van der Waals surface area contributed by atoms with Gasteiger partial charge in [-0.25, -0.2) is 0 Å². The number of benzene rings is 1. The molecule has 0 saturated carbocycles. The number of hydrogen-bond donors (Lipinski definition) is 1. The van der Waals surface area contributed by atoms with E-state index in [0.717, 1.165) is 5.52 Å². The topological polar surface area (TPSA) is 43.8 Å². The number of para-hydroxylation sites is 1. The minimum Gasteiger partial charge on any atom is -0.340 e. The number of nitrogen functional groups attached to an aromatic ring is 1. The van der Waals surface area contributed by atoms with E-state index >= 15 is 0 Å². The molecule has 0 spiro atoms. The number of nitrogens with zero attached hydrogens (tertiary/aromatic N) is 2. The first-order valence-corrected chi connectivity index (χ1v) is 5.04. The maximum Gasteiger partial charge on any atom is 0.0701 e. The molecule has 3 nitrogen and oxygen atoms in total. The Morgan fingerprint density at radius 3 is 2.19 bits per heavy atom. The quantitative estimate of drug-likeness (QED) is 0.580. The van der Waals surface area contributed by atoms with Gasteiger partial charge in [-0.1, -0.05) is 24.3 Å². The Labute approximate surface area is 94.1 Å². The maximum atomic E-state index is 5.19. The van der Waals surface area contributed by atoms with E-state index in [9.17, 15) is 0 Å². The van der Waals surface area contributed by atoms with Crippen molar-refractivity contribution in [2.45, 2.75) is 0 Å². The molecule has 0 aliphatic carbocycles. The van der Waals surface area contributed by atoms with Gasteiger partial charge < -0.3 is 5.84 Å². The molecule has 1 aromatic carbocycles. The van der Waals surface area contributed by atoms with Gasteiger partial charge in [0, 0.05) is 24.0 Å². The van der Waals surface area contributed by atoms with E-state index in [-0.39, 0.29) is 0 Å². The highest BCUT2D eigenvalue weighted by Crippen LogP contribution is 2.07. The summed E-state index contributed by atoms with van der Waals surface area (Å²) < 4.78 is 1.50. The van der Waals surface area contributed by atoms with Crippen LogP contribution in [0.5, 0.6) is 0 Å². The molecule has 3 rings (SSSR count). The molecule has 0 unspecified atom stereocenters. The molecule has 0 atom stereocenters. The standard InChI is InChI=1S/C9H7N.C4H6N2/c1-2-6-9-8(4-1)5-3-7-10-9;5-6-3-1-2-4-6/h1-7H;1-4H,5H2. The largest absolute Gasteiger partial charge is 0.340 e. The fourth-order valence-electron chi connectivity index (χ4n) is 1.36. The Morgan fingerprint density at radius 2 is 1.56 bits per heavy atom. The number of pyridine rings is 1. The van der Waals surface area contributed by atoms with E-state index in [2.05, 4.69) is 17.1 Å². The third-order valence-electron chi connectivity index (χ3n) is 2.14. The molecule has 3 heteroatoms. The molecule has 0 amide bonds. The number of fused-ring (bicyclic) bond motifs is 1. The fourth-order valence-corrected chi connectivity index (χ4v) is 1.36. The van der Waals surface area contributed by atoms with Crippen molar-refractivity contribution in [2.75, 3.05) is 5.84 Å². The number of hydrogen-bond acceptors (Lipinski definition) is 2. The monoisotopic (exact) mass is 211 g/mol. The van der Waals surface area contributed by atoms with Gasteiger partial charge in [-0.3, -0.25) is 9.66 Å². The molecular formula is C13H13N3. The fraction of sp³-hybridized carbons (Fsp3) is 0. The van der Waals surface area contributed by atoms with Gasteiger partial charge in [0.2, 0.25) is 0 Å². The molecule has 0 saturated heterocycles. The Morgan fingerprint density at radius 1 is 0.875 bits per heavy atom. The molecule has 3 aromatic rings. The predicted octanol–water partition coefficient (Wildman–Crippen LogP) is 2.44. The molecule has 2 aromatic heterocycles. The molecule has 0 fully saturated rings. The van der Waals surface area contributed by atoms with Gasteiger partial charge in [-0.2, -0.15) is 0 Å². The summed E-state index contributed by atoms with van der Waals surface area (Å²) in [6, 6.07) is 15.8. The van der Waals surface area contributed by atoms with Gasteiger partial charge in [0.05, 0.1) is 5.52 Å². The summed E-state index contributed by atoms with van der Waals surface area (Å²) in [5, 5.41) is 1.20. The second kappa shape index (κ2) is 4.98. The van der Waals surface area contributed by atoms with Crippen LogP contribution in [0, 0.1) is 0 Å². The maximum absolute atomic E-state index is 5.19. The van der Waals surface area contributed by atoms with Crippen molar-refractivity contribution in [3.8, 4) is 0 Å². The van der Waals surface area contributed by atoms with Crippen LogP contribution in [0.2, 0.25) is 0 Å². The Bertz CT molecular complexity index is 478. The van der Waals surface area contributed by atoms with Crippen LogP contribution in [0.25, 0.3) is 10.9 Å². The average molecular weight is 211 g/mol. The van der Waals surface area contributed by atoms with Crippen LogP contribution in [0.3, 0.4) is 0 Å². The summed E-state index contributed by atoms with van der Waals surface area (Å²) in [5.41, 5.74) is 1.06. The third kappa shape index (κ3) is 2.60. The van der Waals surface area contributed by atoms with Gasteiger partial charge in [-0.05, 0) is 24.3 Å². The van der Waals surface area contributed by atoms with Crippen LogP contribution in [0.1, 0.15) is 0 Å². The summed E-state index contributed by atoms with van der Waals surface area (Å²) >= 11 is 0. The lowest BCUT2D eigenvalue weighted by Crippen LogP contribution is -2.02. The van der Waals surface area contributed by atoms with Crippen LogP contribution >= 0.6 is 0 Å². The van der Waals surface area contributed by atoms with Gasteiger partial charge in [0.1, 0.15) is 0 Å². The van der Waals surface area contributed by atoms with Crippen molar-refractivity contribution in [1.82, 2.24) is 9.66 Å². The van der Waals surface area contributed by atoms with Crippen molar-refractivity contribution in [3.05, 3.63) is 67.1 Å². The van der Waals surface area contributed by atoms with Crippen molar-refractivity contribution in [1.29, 1.82) is 0 Å². The van der Waals surface area contributed by atoms with Gasteiger partial charge in [-0.15, -0.1) is 0 Å². The molecule has 0 radical (unpaired) electrons. The highest BCUT2D eigenvalue weighted by atomic mass is 15.3. The zero-order valence-corrected chi connectivity index (χ0v) is 8.82. The van der Waals surface area contributed by atoms with E-state index < -0.39 is 0 Å². The molecule has 80 valence electrons. The van der Waals surface area contributed by atoms with Gasteiger partial charge in [0.25, 0.3) is 0 Å². The summed E-state index contributed by atoms with van der Waals surface area (Å²) in [6.07, 6.45) is 5.36. The van der Waals surface area contributed by atoms with E-state index in [4.69, 9.17) is 5.84 Å². The second-order valence-electron chi connectivity index (χ2n) is 3.33. The highest BCUT2D eigenvalue weighted by molar-refractivity contribution is 5.77. The van der Waals surface area contributed by atoms with Gasteiger partial charge >= 0.3 is 0 Å². The number of nitrogens with two attached hydrogens (primary N) is 1. The summed E-state index contributed by atoms with van der Waals surface area (Å²) in [5.74, 6) is 5.19. The normalized spacial score (nSPS) is 9.50. The number of aromatic nitrogens is 2. The summed E-state index contributed by atoms with van der Waals surface area (Å²) in [6.45, 7) is 0. The van der Waals surface area contributed by atoms with Crippen LogP contribution in [-0.2, 0) is 0 Å². The average Bonchev–Trinajstić information content (AvgIpc) is 2.81. The smallest absolute Gasteiger partial charge is 0.0701 e. The molecule has 0 aliphatic heterocycles. The predicted molar refractivity (Wildman–Crippen MR) is 66.3 cm³/mol. The SMILES string of the molecule is Nn1cccc1.c1ccc2ncccc2c1. The first kappa shape index (κ1) is 10.2. The van der Waals surface area contributed by atoms with E-state index in [0.29, 0.717) is 0 Å². The van der Waals surface area contributed by atoms with E-state index in [1.54, 1.807) is 12.4 Å². The Balaban J connectivity index is 0.000000138. The van der Waals surface area contributed by atoms with Crippen LogP contribution in [-0.4, -0.2) is 9.66 Å². The zero-order chi connectivity index (χ0) is 11.2. The van der Waals surface area contributed by atoms with Crippen molar-refractivity contribution >= 4 is 10.9 Å².